The number of anilines is 2. The number of pyridine rings is 1. The summed E-state index contributed by atoms with van der Waals surface area (Å²) in [7, 11) is 0. The molecule has 0 saturated heterocycles. The molecule has 0 bridgehead atoms. The number of aromatic nitrogens is 4. The predicted molar refractivity (Wildman–Crippen MR) is 100 cm³/mol. The van der Waals surface area contributed by atoms with Crippen molar-refractivity contribution in [2.24, 2.45) is 0 Å². The van der Waals surface area contributed by atoms with Crippen LogP contribution < -0.4 is 5.32 Å². The maximum atomic E-state index is 4.87. The molecule has 0 atom stereocenters. The normalized spacial score (nSPS) is 11.2. The summed E-state index contributed by atoms with van der Waals surface area (Å²) in [5.41, 5.74) is 4.92. The lowest BCUT2D eigenvalue weighted by atomic mass is 10.1. The summed E-state index contributed by atoms with van der Waals surface area (Å²) in [4.78, 5) is 9.04. The van der Waals surface area contributed by atoms with Crippen LogP contribution >= 0.6 is 0 Å². The Bertz CT molecular complexity index is 991. The summed E-state index contributed by atoms with van der Waals surface area (Å²) < 4.78 is 1.86. The van der Waals surface area contributed by atoms with Crippen molar-refractivity contribution in [3.05, 3.63) is 72.7 Å². The molecule has 4 rings (SSSR count). The van der Waals surface area contributed by atoms with Crippen molar-refractivity contribution < 1.29 is 0 Å². The third-order valence-corrected chi connectivity index (χ3v) is 4.12. The fraction of sp³-hybridized carbons (Fsp3) is 0.150. The highest BCUT2D eigenvalue weighted by Gasteiger charge is 2.14. The third-order valence-electron chi connectivity index (χ3n) is 4.12. The van der Waals surface area contributed by atoms with E-state index in [-0.39, 0.29) is 0 Å². The number of rotatable bonds is 4. The zero-order chi connectivity index (χ0) is 17.2. The van der Waals surface area contributed by atoms with Crippen LogP contribution in [-0.2, 0) is 0 Å². The average Bonchev–Trinajstić information content (AvgIpc) is 3.08. The van der Waals surface area contributed by atoms with Gasteiger partial charge in [0.05, 0.1) is 23.8 Å². The van der Waals surface area contributed by atoms with Crippen LogP contribution in [-0.4, -0.2) is 19.6 Å². The molecule has 0 aliphatic heterocycles. The van der Waals surface area contributed by atoms with Gasteiger partial charge in [-0.2, -0.15) is 9.61 Å². The van der Waals surface area contributed by atoms with Gasteiger partial charge in [-0.15, -0.1) is 0 Å². The fourth-order valence-electron chi connectivity index (χ4n) is 2.82. The molecule has 0 saturated carbocycles. The Morgan fingerprint density at radius 2 is 1.84 bits per heavy atom. The quantitative estimate of drug-likeness (QED) is 0.592. The van der Waals surface area contributed by atoms with E-state index in [1.807, 2.05) is 47.1 Å². The summed E-state index contributed by atoms with van der Waals surface area (Å²) in [6, 6.07) is 16.1. The first-order valence-corrected chi connectivity index (χ1v) is 8.33. The van der Waals surface area contributed by atoms with Crippen LogP contribution in [0.1, 0.15) is 25.3 Å². The van der Waals surface area contributed by atoms with E-state index in [9.17, 15) is 0 Å². The van der Waals surface area contributed by atoms with Crippen molar-refractivity contribution in [1.29, 1.82) is 0 Å². The summed E-state index contributed by atoms with van der Waals surface area (Å²) in [6.45, 7) is 4.31. The van der Waals surface area contributed by atoms with Gasteiger partial charge in [0.15, 0.2) is 5.65 Å². The molecule has 0 radical (unpaired) electrons. The van der Waals surface area contributed by atoms with Gasteiger partial charge in [0.1, 0.15) is 5.82 Å². The number of hydrogen-bond donors (Lipinski definition) is 1. The first-order valence-electron chi connectivity index (χ1n) is 8.33. The van der Waals surface area contributed by atoms with E-state index < -0.39 is 0 Å². The van der Waals surface area contributed by atoms with Gasteiger partial charge in [-0.25, -0.2) is 4.98 Å². The number of fused-ring (bicyclic) bond motifs is 1. The van der Waals surface area contributed by atoms with Crippen molar-refractivity contribution in [1.82, 2.24) is 19.6 Å². The van der Waals surface area contributed by atoms with Gasteiger partial charge in [-0.05, 0) is 18.1 Å². The molecule has 0 fully saturated rings. The molecule has 0 aliphatic carbocycles. The van der Waals surface area contributed by atoms with Crippen LogP contribution in [0.25, 0.3) is 16.9 Å². The fourth-order valence-corrected chi connectivity index (χ4v) is 2.82. The molecular formula is C20H19N5. The Morgan fingerprint density at radius 1 is 1.00 bits per heavy atom. The van der Waals surface area contributed by atoms with Crippen LogP contribution in [0.5, 0.6) is 0 Å². The molecule has 0 unspecified atom stereocenters. The molecule has 3 aromatic heterocycles. The van der Waals surface area contributed by atoms with Gasteiger partial charge in [0.2, 0.25) is 0 Å². The lowest BCUT2D eigenvalue weighted by Gasteiger charge is -2.11. The van der Waals surface area contributed by atoms with E-state index in [4.69, 9.17) is 4.98 Å². The number of benzene rings is 1. The SMILES string of the molecule is CC(C)c1cnn2c(Nc3cccnc3)cc(-c3ccccc3)nc12. The average molecular weight is 329 g/mol. The van der Waals surface area contributed by atoms with Crippen LogP contribution in [0.4, 0.5) is 11.5 Å². The van der Waals surface area contributed by atoms with Crippen molar-refractivity contribution >= 4 is 17.2 Å². The second-order valence-electron chi connectivity index (χ2n) is 6.25. The number of hydrogen-bond acceptors (Lipinski definition) is 4. The molecule has 4 aromatic rings. The highest BCUT2D eigenvalue weighted by Crippen LogP contribution is 2.28. The van der Waals surface area contributed by atoms with E-state index in [1.54, 1.807) is 12.4 Å². The Hall–Kier alpha value is -3.21. The number of nitrogens with one attached hydrogen (secondary N) is 1. The van der Waals surface area contributed by atoms with Gasteiger partial charge in [-0.3, -0.25) is 4.98 Å². The van der Waals surface area contributed by atoms with Crippen molar-refractivity contribution in [2.45, 2.75) is 19.8 Å². The second-order valence-corrected chi connectivity index (χ2v) is 6.25. The smallest absolute Gasteiger partial charge is 0.161 e. The van der Waals surface area contributed by atoms with E-state index >= 15 is 0 Å². The minimum absolute atomic E-state index is 0.349. The maximum Gasteiger partial charge on any atom is 0.161 e. The molecule has 124 valence electrons. The van der Waals surface area contributed by atoms with Crippen LogP contribution in [0, 0.1) is 0 Å². The third kappa shape index (κ3) is 2.96. The lowest BCUT2D eigenvalue weighted by Crippen LogP contribution is -2.03. The van der Waals surface area contributed by atoms with Gasteiger partial charge >= 0.3 is 0 Å². The monoisotopic (exact) mass is 329 g/mol. The maximum absolute atomic E-state index is 4.87. The minimum atomic E-state index is 0.349. The molecule has 1 N–H and O–H groups in total. The van der Waals surface area contributed by atoms with Gasteiger partial charge in [0, 0.05) is 23.4 Å². The minimum Gasteiger partial charge on any atom is -0.339 e. The Kier molecular flexibility index (Phi) is 3.90. The topological polar surface area (TPSA) is 55.1 Å². The zero-order valence-electron chi connectivity index (χ0n) is 14.2. The van der Waals surface area contributed by atoms with Crippen LogP contribution in [0.15, 0.2) is 67.1 Å². The van der Waals surface area contributed by atoms with Crippen LogP contribution in [0.3, 0.4) is 0 Å². The molecule has 0 aliphatic rings. The summed E-state index contributed by atoms with van der Waals surface area (Å²) in [6.07, 6.45) is 5.45. The summed E-state index contributed by atoms with van der Waals surface area (Å²) in [5, 5.41) is 7.95. The molecule has 5 heteroatoms. The summed E-state index contributed by atoms with van der Waals surface area (Å²) in [5.74, 6) is 1.21. The molecule has 5 nitrogen and oxygen atoms in total. The second kappa shape index (κ2) is 6.36. The van der Waals surface area contributed by atoms with Gasteiger partial charge in [-0.1, -0.05) is 44.2 Å². The highest BCUT2D eigenvalue weighted by atomic mass is 15.3. The largest absolute Gasteiger partial charge is 0.339 e. The standard InChI is InChI=1S/C20H19N5/c1-14(2)17-13-22-25-19(23-16-9-6-10-21-12-16)11-18(24-20(17)25)15-7-4-3-5-8-15/h3-14,23H,1-2H3. The molecule has 25 heavy (non-hydrogen) atoms. The Balaban J connectivity index is 1.90. The Labute approximate surface area is 146 Å². The van der Waals surface area contributed by atoms with E-state index in [1.165, 1.54) is 0 Å². The van der Waals surface area contributed by atoms with Crippen molar-refractivity contribution in [3.8, 4) is 11.3 Å². The van der Waals surface area contributed by atoms with E-state index in [0.29, 0.717) is 5.92 Å². The number of nitrogens with zero attached hydrogens (tertiary/aromatic N) is 4. The highest BCUT2D eigenvalue weighted by molar-refractivity contribution is 5.70. The van der Waals surface area contributed by atoms with Crippen molar-refractivity contribution in [2.75, 3.05) is 5.32 Å². The molecular weight excluding hydrogens is 310 g/mol. The molecule has 0 amide bonds. The summed E-state index contributed by atoms with van der Waals surface area (Å²) >= 11 is 0. The van der Waals surface area contributed by atoms with E-state index in [0.717, 1.165) is 34.0 Å². The van der Waals surface area contributed by atoms with E-state index in [2.05, 4.69) is 41.4 Å². The first-order chi connectivity index (χ1) is 12.2. The lowest BCUT2D eigenvalue weighted by molar-refractivity contribution is 0.872. The zero-order valence-corrected chi connectivity index (χ0v) is 14.2. The van der Waals surface area contributed by atoms with Gasteiger partial charge in [0.25, 0.3) is 0 Å². The predicted octanol–water partition coefficient (Wildman–Crippen LogP) is 4.66. The Morgan fingerprint density at radius 3 is 2.56 bits per heavy atom. The first kappa shape index (κ1) is 15.3. The van der Waals surface area contributed by atoms with Gasteiger partial charge < -0.3 is 5.32 Å². The van der Waals surface area contributed by atoms with Crippen molar-refractivity contribution in [3.63, 3.8) is 0 Å². The molecule has 1 aromatic carbocycles. The molecule has 0 spiro atoms. The van der Waals surface area contributed by atoms with Crippen LogP contribution in [0.2, 0.25) is 0 Å². The molecule has 3 heterocycles.